The van der Waals surface area contributed by atoms with E-state index >= 15 is 0 Å². The first-order chi connectivity index (χ1) is 34.4. The lowest BCUT2D eigenvalue weighted by Gasteiger charge is -2.24. The van der Waals surface area contributed by atoms with Gasteiger partial charge in [0.15, 0.2) is 17.0 Å². The number of amides is 7. The fourth-order valence-corrected chi connectivity index (χ4v) is 7.43. The quantitative estimate of drug-likeness (QED) is 0.0306. The number of aliphatic carboxylic acids is 1. The van der Waals surface area contributed by atoms with Gasteiger partial charge >= 0.3 is 5.97 Å². The summed E-state index contributed by atoms with van der Waals surface area (Å²) < 4.78 is 0. The van der Waals surface area contributed by atoms with Gasteiger partial charge in [-0.15, -0.1) is 10.2 Å². The fourth-order valence-electron chi connectivity index (χ4n) is 7.43. The first-order valence-electron chi connectivity index (χ1n) is 22.9. The second-order valence-electron chi connectivity index (χ2n) is 17.1. The molecule has 0 fully saturated rings. The number of aromatic amines is 1. The lowest BCUT2D eigenvalue weighted by atomic mass is 10.0. The number of rotatable bonds is 24. The smallest absolute Gasteiger partial charge is 0.326 e. The van der Waals surface area contributed by atoms with Crippen molar-refractivity contribution in [3.05, 3.63) is 77.6 Å². The van der Waals surface area contributed by atoms with Crippen molar-refractivity contribution < 1.29 is 43.5 Å². The molecule has 26 nitrogen and oxygen atoms in total. The zero-order chi connectivity index (χ0) is 52.1. The van der Waals surface area contributed by atoms with Crippen molar-refractivity contribution in [1.82, 2.24) is 66.7 Å². The zero-order valence-electron chi connectivity index (χ0n) is 39.8. The maximum atomic E-state index is 13.5. The van der Waals surface area contributed by atoms with E-state index < -0.39 is 47.7 Å². The molecule has 0 bridgehead atoms. The molecule has 0 unspecified atom stereocenters. The molecular weight excluding hydrogens is 935 g/mol. The molecule has 0 spiro atoms. The maximum Gasteiger partial charge on any atom is 0.326 e. The van der Waals surface area contributed by atoms with E-state index in [0.717, 1.165) is 10.6 Å². The summed E-state index contributed by atoms with van der Waals surface area (Å²) in [4.78, 5) is 121. The van der Waals surface area contributed by atoms with Gasteiger partial charge < -0.3 is 48.1 Å². The molecule has 0 saturated heterocycles. The summed E-state index contributed by atoms with van der Waals surface area (Å²) in [5.74, 6) is -4.92. The number of carbonyl (C=O) groups is 8. The number of benzene rings is 2. The second-order valence-corrected chi connectivity index (χ2v) is 17.1. The van der Waals surface area contributed by atoms with Gasteiger partial charge in [0, 0.05) is 61.2 Å². The minimum Gasteiger partial charge on any atom is -0.480 e. The Kier molecular flexibility index (Phi) is 17.5. The van der Waals surface area contributed by atoms with Crippen LogP contribution in [0.25, 0.3) is 22.6 Å². The van der Waals surface area contributed by atoms with Gasteiger partial charge in [-0.3, -0.25) is 38.5 Å². The van der Waals surface area contributed by atoms with Crippen LogP contribution < -0.4 is 43.0 Å². The van der Waals surface area contributed by atoms with Crippen LogP contribution >= 0.6 is 0 Å². The highest BCUT2D eigenvalue weighted by atomic mass is 16.4. The highest BCUT2D eigenvalue weighted by Gasteiger charge is 2.28. The predicted molar refractivity (Wildman–Crippen MR) is 260 cm³/mol. The van der Waals surface area contributed by atoms with Gasteiger partial charge in [-0.2, -0.15) is 15.2 Å². The molecule has 6 rings (SSSR count). The molecule has 1 aliphatic heterocycles. The normalized spacial score (nSPS) is 13.4. The number of nitrogen functional groups attached to an aromatic ring is 2. The van der Waals surface area contributed by atoms with Crippen LogP contribution in [0.5, 0.6) is 0 Å². The van der Waals surface area contributed by atoms with Crippen LogP contribution in [-0.2, 0) is 35.3 Å². The van der Waals surface area contributed by atoms with Crippen molar-refractivity contribution in [2.75, 3.05) is 41.8 Å². The summed E-state index contributed by atoms with van der Waals surface area (Å²) in [7, 11) is 1.81. The number of tetrazole rings is 1. The number of anilines is 4. The number of hydrogen-bond acceptors (Lipinski definition) is 18. The highest BCUT2D eigenvalue weighted by Crippen LogP contribution is 2.25. The molecule has 3 atom stereocenters. The van der Waals surface area contributed by atoms with Gasteiger partial charge in [0.2, 0.25) is 29.5 Å². The third kappa shape index (κ3) is 13.8. The summed E-state index contributed by atoms with van der Waals surface area (Å²) in [6, 6.07) is 7.57. The van der Waals surface area contributed by atoms with Crippen molar-refractivity contribution >= 4 is 81.6 Å². The van der Waals surface area contributed by atoms with E-state index in [2.05, 4.69) is 67.1 Å². The van der Waals surface area contributed by atoms with E-state index in [-0.39, 0.29) is 102 Å². The van der Waals surface area contributed by atoms with E-state index in [1.54, 1.807) is 44.3 Å². The van der Waals surface area contributed by atoms with Crippen molar-refractivity contribution in [3.8, 4) is 11.4 Å². The molecule has 3 aromatic heterocycles. The van der Waals surface area contributed by atoms with Gasteiger partial charge in [0.05, 0.1) is 24.0 Å². The third-order valence-corrected chi connectivity index (χ3v) is 11.4. The molecule has 4 heterocycles. The largest absolute Gasteiger partial charge is 0.480 e. The number of carboxylic acid groups (broad SMARTS) is 1. The SMILES string of the molecule is CC(C)[C@H](NC(=O)CCCCCN1C(=O)C=CC1=O)C(=O)N[C@@H](C)C(=O)Nc1ccc(C(=O)NCCC[C@H](NC(=O)c2ccc(N(C)Cc3cnc4nc(N)nc(N)c4n3)cc2)C(=O)O)c(-c2nn[nH]n2)c1. The topological polar surface area (TPSA) is 381 Å². The van der Waals surface area contributed by atoms with Gasteiger partial charge in [-0.05, 0) is 86.2 Å². The molecule has 0 saturated carbocycles. The molecule has 2 aromatic carbocycles. The van der Waals surface area contributed by atoms with Gasteiger partial charge in [0.25, 0.3) is 23.6 Å². The number of nitrogens with zero attached hydrogens (tertiary/aromatic N) is 9. The summed E-state index contributed by atoms with van der Waals surface area (Å²) in [6.07, 6.45) is 5.81. The predicted octanol–water partition coefficient (Wildman–Crippen LogP) is 0.863. The number of aromatic nitrogens is 8. The Balaban J connectivity index is 0.961. The monoisotopic (exact) mass is 989 g/mol. The first-order valence-corrected chi connectivity index (χ1v) is 22.9. The Hall–Kier alpha value is -8.97. The standard InChI is InChI=1S/C46H55N17O9/c1-24(2)36(55-33(64)10-6-5-7-20-63-34(65)17-18-35(63)66)44(70)51-25(3)41(67)53-27-13-16-30(31(21-27)39-58-60-61-59-39)43(69)49-19-8-9-32(45(71)72)54-42(68)26-11-14-29(15-12-26)62(4)23-28-22-50-40-37(52-28)38(47)56-46(48)57-40/h11-18,21-22,24-25,32,36H,5-10,19-20,23H2,1-4H3,(H,49,69)(H,51,70)(H,53,67)(H,54,68)(H,55,64)(H,71,72)(H,58,59,60,61)(H4,47,48,50,56,57)/t25-,32-,36-/m0/s1. The molecule has 7 amide bonds. The minimum atomic E-state index is -1.27. The van der Waals surface area contributed by atoms with Crippen molar-refractivity contribution in [2.24, 2.45) is 5.92 Å². The van der Waals surface area contributed by atoms with E-state index in [0.29, 0.717) is 37.0 Å². The molecular formula is C46H55N17O9. The molecule has 72 heavy (non-hydrogen) atoms. The van der Waals surface area contributed by atoms with E-state index in [1.165, 1.54) is 37.3 Å². The number of nitrogens with one attached hydrogen (secondary N) is 6. The van der Waals surface area contributed by atoms with Crippen LogP contribution in [0.1, 0.15) is 85.7 Å². The fraction of sp³-hybridized carbons (Fsp3) is 0.370. The van der Waals surface area contributed by atoms with Crippen molar-refractivity contribution in [3.63, 3.8) is 0 Å². The van der Waals surface area contributed by atoms with E-state index in [1.807, 2.05) is 11.9 Å². The Morgan fingerprint density at radius 1 is 0.847 bits per heavy atom. The molecule has 5 aromatic rings. The molecule has 11 N–H and O–H groups in total. The van der Waals surface area contributed by atoms with Crippen molar-refractivity contribution in [1.29, 1.82) is 0 Å². The zero-order valence-corrected chi connectivity index (χ0v) is 39.8. The average Bonchev–Trinajstić information content (AvgIpc) is 4.00. The highest BCUT2D eigenvalue weighted by molar-refractivity contribution is 6.13. The van der Waals surface area contributed by atoms with Gasteiger partial charge in [-0.1, -0.05) is 20.3 Å². The van der Waals surface area contributed by atoms with Crippen molar-refractivity contribution in [2.45, 2.75) is 84.0 Å². The Morgan fingerprint density at radius 2 is 1.58 bits per heavy atom. The third-order valence-electron chi connectivity index (χ3n) is 11.4. The summed E-state index contributed by atoms with van der Waals surface area (Å²) >= 11 is 0. The van der Waals surface area contributed by atoms with E-state index in [4.69, 9.17) is 11.5 Å². The van der Waals surface area contributed by atoms with Crippen LogP contribution in [0.3, 0.4) is 0 Å². The van der Waals surface area contributed by atoms with Crippen LogP contribution in [0.2, 0.25) is 0 Å². The number of H-pyrrole nitrogens is 1. The number of carbonyl (C=O) groups excluding carboxylic acids is 7. The van der Waals surface area contributed by atoms with Gasteiger partial charge in [-0.25, -0.2) is 14.8 Å². The second kappa shape index (κ2) is 24.0. The van der Waals surface area contributed by atoms with Crippen LogP contribution in [0, 0.1) is 5.92 Å². The summed E-state index contributed by atoms with van der Waals surface area (Å²) in [5.41, 5.74) is 14.2. The number of unbranched alkanes of at least 4 members (excludes halogenated alkanes) is 2. The number of carboxylic acids is 1. The maximum absolute atomic E-state index is 13.5. The molecule has 26 heteroatoms. The Bertz CT molecular complexity index is 2840. The minimum absolute atomic E-state index is 0.0113. The molecule has 0 aliphatic carbocycles. The number of imide groups is 1. The van der Waals surface area contributed by atoms with E-state index in [9.17, 15) is 43.5 Å². The van der Waals surface area contributed by atoms with Crippen LogP contribution in [-0.4, -0.2) is 136 Å². The Labute approximate surface area is 411 Å². The lowest BCUT2D eigenvalue weighted by Crippen LogP contribution is -2.53. The summed E-state index contributed by atoms with van der Waals surface area (Å²) in [6.45, 7) is 5.57. The number of fused-ring (bicyclic) bond motifs is 1. The molecule has 0 radical (unpaired) electrons. The Morgan fingerprint density at radius 3 is 2.26 bits per heavy atom. The lowest BCUT2D eigenvalue weighted by molar-refractivity contribution is -0.139. The number of hydrogen-bond donors (Lipinski definition) is 9. The van der Waals surface area contributed by atoms with Crippen LogP contribution in [0.15, 0.2) is 60.8 Å². The van der Waals surface area contributed by atoms with Gasteiger partial charge in [0.1, 0.15) is 18.1 Å². The van der Waals surface area contributed by atoms with Crippen LogP contribution in [0.4, 0.5) is 23.1 Å². The number of nitrogens with two attached hydrogens (primary N) is 2. The molecule has 378 valence electrons. The first kappa shape index (κ1) is 52.4. The molecule has 1 aliphatic rings. The average molecular weight is 990 g/mol. The summed E-state index contributed by atoms with van der Waals surface area (Å²) in [5, 5.41) is 37.1.